The second-order valence-corrected chi connectivity index (χ2v) is 7.49. The van der Waals surface area contributed by atoms with Crippen molar-refractivity contribution in [2.24, 2.45) is 0 Å². The monoisotopic (exact) mass is 482 g/mol. The van der Waals surface area contributed by atoms with Gasteiger partial charge in [0.15, 0.2) is 46.5 Å². The fraction of sp³-hybridized carbons (Fsp3) is 0.294. The molecule has 0 saturated carbocycles. The summed E-state index contributed by atoms with van der Waals surface area (Å²) in [7, 11) is 1.42. The van der Waals surface area contributed by atoms with Gasteiger partial charge in [-0.25, -0.2) is 39.5 Å². The summed E-state index contributed by atoms with van der Waals surface area (Å²) in [6.07, 6.45) is 0. The summed E-state index contributed by atoms with van der Waals surface area (Å²) in [4.78, 5) is -4.38. The number of halogens is 9. The molecule has 0 spiro atoms. The Hall–Kier alpha value is -1.57. The Bertz CT molecular complexity index is 882. The molecule has 166 valence electrons. The lowest BCUT2D eigenvalue weighted by Gasteiger charge is -2.13. The van der Waals surface area contributed by atoms with Gasteiger partial charge in [-0.2, -0.15) is 0 Å². The van der Waals surface area contributed by atoms with Crippen LogP contribution in [0.3, 0.4) is 0 Å². The van der Waals surface area contributed by atoms with Gasteiger partial charge in [0.25, 0.3) is 0 Å². The number of thioether (sulfide) groups is 1. The molecule has 0 radical (unpaired) electrons. The minimum Gasteiger partial charge on any atom is -0.382 e. The normalized spacial score (nSPS) is 11.4. The van der Waals surface area contributed by atoms with E-state index in [0.29, 0.717) is 11.8 Å². The van der Waals surface area contributed by atoms with Crippen LogP contribution in [0.25, 0.3) is 0 Å². The van der Waals surface area contributed by atoms with E-state index in [1.807, 2.05) is 0 Å². The highest BCUT2D eigenvalue weighted by Crippen LogP contribution is 2.41. The van der Waals surface area contributed by atoms with Gasteiger partial charge < -0.3 is 9.47 Å². The minimum atomic E-state index is -2.49. The molecule has 0 fully saturated rings. The van der Waals surface area contributed by atoms with Crippen molar-refractivity contribution in [3.8, 4) is 0 Å². The molecular formula is C17H11F9O2S2. The van der Waals surface area contributed by atoms with Crippen LogP contribution in [0.2, 0.25) is 0 Å². The molecule has 30 heavy (non-hydrogen) atoms. The van der Waals surface area contributed by atoms with Crippen LogP contribution in [0.1, 0.15) is 0 Å². The van der Waals surface area contributed by atoms with Crippen molar-refractivity contribution < 1.29 is 49.0 Å². The third-order valence-corrected chi connectivity index (χ3v) is 5.61. The van der Waals surface area contributed by atoms with Crippen molar-refractivity contribution >= 4 is 23.5 Å². The largest absolute Gasteiger partial charge is 0.382 e. The van der Waals surface area contributed by atoms with Crippen LogP contribution < -0.4 is 0 Å². The predicted octanol–water partition coefficient (Wildman–Crippen LogP) is 5.84. The summed E-state index contributed by atoms with van der Waals surface area (Å²) in [6, 6.07) is 0. The number of ether oxygens (including phenoxy) is 2. The Kier molecular flexibility index (Phi) is 8.76. The fourth-order valence-corrected chi connectivity index (χ4v) is 3.79. The Labute approximate surface area is 172 Å². The third kappa shape index (κ3) is 5.01. The molecule has 0 heterocycles. The predicted molar refractivity (Wildman–Crippen MR) is 90.0 cm³/mol. The molecule has 0 unspecified atom stereocenters. The van der Waals surface area contributed by atoms with Crippen LogP contribution in [-0.2, 0) is 9.47 Å². The molecule has 0 aromatic heterocycles. The van der Waals surface area contributed by atoms with Gasteiger partial charge in [0.1, 0.15) is 0 Å². The maximum atomic E-state index is 14.2. The highest BCUT2D eigenvalue weighted by Gasteiger charge is 2.31. The standard InChI is InChI=1S/C17H11F9O2S2/c1-27-2-3-28-4-5-29-15-11(23)13(25)17(14(26)12(15)24)30-16-9(21)7(19)6(18)8(20)10(16)22/h2-5H2,1H3. The molecule has 0 amide bonds. The number of rotatable bonds is 9. The average Bonchev–Trinajstić information content (AvgIpc) is 2.73. The summed E-state index contributed by atoms with van der Waals surface area (Å²) < 4.78 is 134. The van der Waals surface area contributed by atoms with E-state index in [4.69, 9.17) is 9.47 Å². The SMILES string of the molecule is COCCOCCSc1c(F)c(F)c(Sc2c(F)c(F)c(F)c(F)c2F)c(F)c1F. The molecule has 13 heteroatoms. The maximum absolute atomic E-state index is 14.2. The average molecular weight is 482 g/mol. The molecule has 2 nitrogen and oxygen atoms in total. The van der Waals surface area contributed by atoms with Crippen molar-refractivity contribution in [3.63, 3.8) is 0 Å². The molecule has 0 atom stereocenters. The topological polar surface area (TPSA) is 18.5 Å². The lowest BCUT2D eigenvalue weighted by atomic mass is 10.3. The fourth-order valence-electron chi connectivity index (χ4n) is 2.03. The first kappa shape index (κ1) is 24.7. The Balaban J connectivity index is 2.34. The van der Waals surface area contributed by atoms with Gasteiger partial charge in [-0.05, 0) is 0 Å². The van der Waals surface area contributed by atoms with Crippen LogP contribution in [-0.4, -0.2) is 32.7 Å². The maximum Gasteiger partial charge on any atom is 0.200 e. The lowest BCUT2D eigenvalue weighted by molar-refractivity contribution is 0.0790. The smallest absolute Gasteiger partial charge is 0.200 e. The molecule has 0 N–H and O–H groups in total. The Morgan fingerprint density at radius 2 is 0.933 bits per heavy atom. The van der Waals surface area contributed by atoms with Gasteiger partial charge in [0.2, 0.25) is 5.82 Å². The summed E-state index contributed by atoms with van der Waals surface area (Å²) in [6.45, 7) is 0.375. The van der Waals surface area contributed by atoms with Crippen LogP contribution >= 0.6 is 23.5 Å². The molecular weight excluding hydrogens is 471 g/mol. The number of benzene rings is 2. The van der Waals surface area contributed by atoms with Crippen LogP contribution in [0.15, 0.2) is 14.7 Å². The van der Waals surface area contributed by atoms with Crippen molar-refractivity contribution in [1.29, 1.82) is 0 Å². The van der Waals surface area contributed by atoms with E-state index in [2.05, 4.69) is 0 Å². The molecule has 0 saturated heterocycles. The summed E-state index contributed by atoms with van der Waals surface area (Å²) >= 11 is -0.304. The van der Waals surface area contributed by atoms with Crippen LogP contribution in [0.5, 0.6) is 0 Å². The van der Waals surface area contributed by atoms with Gasteiger partial charge in [-0.1, -0.05) is 11.8 Å². The van der Waals surface area contributed by atoms with Gasteiger partial charge in [-0.15, -0.1) is 11.8 Å². The number of methoxy groups -OCH3 is 1. The quantitative estimate of drug-likeness (QED) is 0.147. The first-order valence-electron chi connectivity index (χ1n) is 7.88. The Morgan fingerprint density at radius 3 is 1.40 bits per heavy atom. The number of hydrogen-bond donors (Lipinski definition) is 0. The van der Waals surface area contributed by atoms with E-state index in [9.17, 15) is 39.5 Å². The first-order valence-corrected chi connectivity index (χ1v) is 9.68. The molecule has 0 aliphatic rings. The number of hydrogen-bond acceptors (Lipinski definition) is 4. The minimum absolute atomic E-state index is 0.0444. The third-order valence-electron chi connectivity index (χ3n) is 3.46. The molecule has 0 bridgehead atoms. The van der Waals surface area contributed by atoms with Crippen molar-refractivity contribution in [1.82, 2.24) is 0 Å². The van der Waals surface area contributed by atoms with E-state index in [1.54, 1.807) is 0 Å². The summed E-state index contributed by atoms with van der Waals surface area (Å²) in [5.41, 5.74) is 0. The van der Waals surface area contributed by atoms with Gasteiger partial charge >= 0.3 is 0 Å². The second kappa shape index (κ2) is 10.6. The molecule has 0 aliphatic heterocycles. The van der Waals surface area contributed by atoms with Crippen molar-refractivity contribution in [2.45, 2.75) is 14.7 Å². The van der Waals surface area contributed by atoms with E-state index in [-0.39, 0.29) is 25.6 Å². The van der Waals surface area contributed by atoms with Crippen LogP contribution in [0, 0.1) is 52.4 Å². The molecule has 2 aromatic rings. The zero-order valence-corrected chi connectivity index (χ0v) is 16.5. The summed E-state index contributed by atoms with van der Waals surface area (Å²) in [5, 5.41) is 0. The molecule has 0 aliphatic carbocycles. The van der Waals surface area contributed by atoms with Crippen molar-refractivity contribution in [3.05, 3.63) is 52.4 Å². The second-order valence-electron chi connectivity index (χ2n) is 5.37. The zero-order chi connectivity index (χ0) is 22.6. The van der Waals surface area contributed by atoms with E-state index in [0.717, 1.165) is 0 Å². The molecule has 2 rings (SSSR count). The first-order chi connectivity index (χ1) is 14.1. The van der Waals surface area contributed by atoms with Gasteiger partial charge in [-0.3, -0.25) is 0 Å². The highest BCUT2D eigenvalue weighted by molar-refractivity contribution is 7.99. The summed E-state index contributed by atoms with van der Waals surface area (Å²) in [5.74, 6) is -20.0. The van der Waals surface area contributed by atoms with Crippen molar-refractivity contribution in [2.75, 3.05) is 32.7 Å². The van der Waals surface area contributed by atoms with Crippen LogP contribution in [0.4, 0.5) is 39.5 Å². The van der Waals surface area contributed by atoms with E-state index in [1.165, 1.54) is 7.11 Å². The molecule has 2 aromatic carbocycles. The van der Waals surface area contributed by atoms with Gasteiger partial charge in [0, 0.05) is 12.9 Å². The van der Waals surface area contributed by atoms with E-state index >= 15 is 0 Å². The Morgan fingerprint density at radius 1 is 0.533 bits per heavy atom. The zero-order valence-electron chi connectivity index (χ0n) is 14.9. The lowest BCUT2D eigenvalue weighted by Crippen LogP contribution is -2.07. The van der Waals surface area contributed by atoms with E-state index < -0.39 is 78.8 Å². The highest BCUT2D eigenvalue weighted by atomic mass is 32.2. The van der Waals surface area contributed by atoms with Gasteiger partial charge in [0.05, 0.1) is 34.5 Å².